The van der Waals surface area contributed by atoms with Gasteiger partial charge in [-0.2, -0.15) is 0 Å². The Morgan fingerprint density at radius 1 is 1.35 bits per heavy atom. The second-order valence-electron chi connectivity index (χ2n) is 5.94. The molecule has 0 saturated carbocycles. The molecular formula is C17H27ClN2O3. The number of nitrogens with one attached hydrogen (secondary N) is 1. The Morgan fingerprint density at radius 2 is 2.04 bits per heavy atom. The molecule has 23 heavy (non-hydrogen) atoms. The third-order valence-electron chi connectivity index (χ3n) is 3.54. The van der Waals surface area contributed by atoms with E-state index in [0.29, 0.717) is 23.1 Å². The van der Waals surface area contributed by atoms with E-state index in [4.69, 9.17) is 27.2 Å². The van der Waals surface area contributed by atoms with Gasteiger partial charge in [-0.3, -0.25) is 4.79 Å². The molecule has 5 nitrogen and oxygen atoms in total. The van der Waals surface area contributed by atoms with Gasteiger partial charge in [0.2, 0.25) is 5.91 Å². The van der Waals surface area contributed by atoms with E-state index in [0.717, 1.165) is 12.8 Å². The molecule has 0 saturated heterocycles. The Hall–Kier alpha value is -1.30. The molecule has 1 amide bonds. The summed E-state index contributed by atoms with van der Waals surface area (Å²) in [5, 5.41) is 12.1. The highest BCUT2D eigenvalue weighted by Gasteiger charge is 2.27. The Balaban J connectivity index is 2.50. The minimum absolute atomic E-state index is 0.430. The quantitative estimate of drug-likeness (QED) is 0.569. The van der Waals surface area contributed by atoms with Crippen LogP contribution in [0, 0.1) is 0 Å². The van der Waals surface area contributed by atoms with Crippen LogP contribution in [0.5, 0.6) is 5.75 Å². The fraction of sp³-hybridized carbons (Fsp3) is 0.588. The number of anilines is 1. The number of carbonyl (C=O) groups excluding carboxylic acids is 1. The van der Waals surface area contributed by atoms with Gasteiger partial charge < -0.3 is 20.9 Å². The standard InChI is InChI=1S/C17H27ClN2O3/c1-3-4-5-6-7-10-23-15-9-8-13(11-14(15)18)20-16(22)17(2,19)12-21/h8-9,11,21H,3-7,10,12,19H2,1-2H3,(H,20,22). The van der Waals surface area contributed by atoms with Gasteiger partial charge in [0.25, 0.3) is 0 Å². The molecule has 0 fully saturated rings. The number of aliphatic hydroxyl groups is 1. The number of ether oxygens (including phenoxy) is 1. The number of unbranched alkanes of at least 4 members (excludes halogenated alkanes) is 4. The maximum atomic E-state index is 11.9. The van der Waals surface area contributed by atoms with Gasteiger partial charge in [-0.15, -0.1) is 0 Å². The topological polar surface area (TPSA) is 84.6 Å². The van der Waals surface area contributed by atoms with Crippen LogP contribution in [0.2, 0.25) is 5.02 Å². The van der Waals surface area contributed by atoms with Gasteiger partial charge in [0, 0.05) is 5.69 Å². The second-order valence-corrected chi connectivity index (χ2v) is 6.34. The maximum absolute atomic E-state index is 11.9. The molecular weight excluding hydrogens is 316 g/mol. The zero-order valence-corrected chi connectivity index (χ0v) is 14.7. The van der Waals surface area contributed by atoms with Crippen molar-refractivity contribution in [3.05, 3.63) is 23.2 Å². The molecule has 0 bridgehead atoms. The van der Waals surface area contributed by atoms with Crippen molar-refractivity contribution in [3.8, 4) is 5.75 Å². The van der Waals surface area contributed by atoms with Gasteiger partial charge in [-0.25, -0.2) is 0 Å². The fourth-order valence-corrected chi connectivity index (χ4v) is 2.16. The number of aliphatic hydroxyl groups excluding tert-OH is 1. The van der Waals surface area contributed by atoms with Crippen LogP contribution in [0.15, 0.2) is 18.2 Å². The molecule has 0 heterocycles. The van der Waals surface area contributed by atoms with Crippen molar-refractivity contribution in [2.24, 2.45) is 5.73 Å². The Morgan fingerprint density at radius 3 is 2.65 bits per heavy atom. The molecule has 0 aliphatic carbocycles. The van der Waals surface area contributed by atoms with E-state index in [1.807, 2.05) is 0 Å². The first kappa shape index (κ1) is 19.7. The molecule has 0 spiro atoms. The Kier molecular flexibility index (Phi) is 8.37. The normalized spacial score (nSPS) is 13.4. The van der Waals surface area contributed by atoms with Crippen molar-refractivity contribution >= 4 is 23.2 Å². The summed E-state index contributed by atoms with van der Waals surface area (Å²) in [6, 6.07) is 5.03. The van der Waals surface area contributed by atoms with Crippen molar-refractivity contribution in [2.75, 3.05) is 18.5 Å². The SMILES string of the molecule is CCCCCCCOc1ccc(NC(=O)C(C)(N)CO)cc1Cl. The van der Waals surface area contributed by atoms with E-state index in [9.17, 15) is 4.79 Å². The molecule has 0 aliphatic heterocycles. The van der Waals surface area contributed by atoms with Crippen molar-refractivity contribution < 1.29 is 14.6 Å². The maximum Gasteiger partial charge on any atom is 0.246 e. The number of nitrogens with two attached hydrogens (primary N) is 1. The number of benzene rings is 1. The lowest BCUT2D eigenvalue weighted by molar-refractivity contribution is -0.121. The number of hydrogen-bond donors (Lipinski definition) is 3. The largest absolute Gasteiger partial charge is 0.492 e. The summed E-state index contributed by atoms with van der Waals surface area (Å²) in [6.45, 7) is 3.83. The van der Waals surface area contributed by atoms with Crippen LogP contribution in [0.4, 0.5) is 5.69 Å². The van der Waals surface area contributed by atoms with Crippen LogP contribution in [0.25, 0.3) is 0 Å². The van der Waals surface area contributed by atoms with Crippen molar-refractivity contribution in [3.63, 3.8) is 0 Å². The number of rotatable bonds is 10. The highest BCUT2D eigenvalue weighted by Crippen LogP contribution is 2.28. The van der Waals surface area contributed by atoms with Gasteiger partial charge in [-0.05, 0) is 31.5 Å². The summed E-state index contributed by atoms with van der Waals surface area (Å²) >= 11 is 6.17. The summed E-state index contributed by atoms with van der Waals surface area (Å²) in [7, 11) is 0. The fourth-order valence-electron chi connectivity index (χ4n) is 1.93. The minimum atomic E-state index is -1.33. The molecule has 4 N–H and O–H groups in total. The molecule has 1 unspecified atom stereocenters. The van der Waals surface area contributed by atoms with Gasteiger partial charge in [0.15, 0.2) is 0 Å². The monoisotopic (exact) mass is 342 g/mol. The van der Waals surface area contributed by atoms with Crippen LogP contribution in [0.1, 0.15) is 46.0 Å². The Labute approximate surface area is 143 Å². The average molecular weight is 343 g/mol. The van der Waals surface area contributed by atoms with E-state index in [1.165, 1.54) is 26.2 Å². The van der Waals surface area contributed by atoms with E-state index in [-0.39, 0.29) is 0 Å². The van der Waals surface area contributed by atoms with E-state index in [1.54, 1.807) is 18.2 Å². The highest BCUT2D eigenvalue weighted by atomic mass is 35.5. The minimum Gasteiger partial charge on any atom is -0.492 e. The smallest absolute Gasteiger partial charge is 0.246 e. The summed E-state index contributed by atoms with van der Waals surface area (Å²) in [4.78, 5) is 11.9. The number of hydrogen-bond acceptors (Lipinski definition) is 4. The third-order valence-corrected chi connectivity index (χ3v) is 3.84. The van der Waals surface area contributed by atoms with Crippen LogP contribution in [-0.2, 0) is 4.79 Å². The molecule has 0 aliphatic rings. The zero-order valence-electron chi connectivity index (χ0n) is 13.9. The highest BCUT2D eigenvalue weighted by molar-refractivity contribution is 6.32. The first-order chi connectivity index (χ1) is 10.9. The predicted octanol–water partition coefficient (Wildman–Crippen LogP) is 3.34. The third kappa shape index (κ3) is 6.77. The molecule has 1 rings (SSSR count). The van der Waals surface area contributed by atoms with Gasteiger partial charge in [0.05, 0.1) is 18.2 Å². The zero-order chi connectivity index (χ0) is 17.3. The van der Waals surface area contributed by atoms with Crippen LogP contribution >= 0.6 is 11.6 Å². The number of halogens is 1. The van der Waals surface area contributed by atoms with Crippen molar-refractivity contribution in [2.45, 2.75) is 51.5 Å². The van der Waals surface area contributed by atoms with Crippen molar-refractivity contribution in [1.82, 2.24) is 0 Å². The number of amides is 1. The number of carbonyl (C=O) groups is 1. The van der Waals surface area contributed by atoms with Crippen LogP contribution in [0.3, 0.4) is 0 Å². The first-order valence-corrected chi connectivity index (χ1v) is 8.42. The summed E-state index contributed by atoms with van der Waals surface area (Å²) in [5.74, 6) is 0.124. The van der Waals surface area contributed by atoms with Gasteiger partial charge >= 0.3 is 0 Å². The summed E-state index contributed by atoms with van der Waals surface area (Å²) in [6.07, 6.45) is 5.84. The lowest BCUT2D eigenvalue weighted by atomic mass is 10.0. The lowest BCUT2D eigenvalue weighted by Crippen LogP contribution is -2.51. The Bertz CT molecular complexity index is 507. The van der Waals surface area contributed by atoms with E-state index in [2.05, 4.69) is 12.2 Å². The van der Waals surface area contributed by atoms with E-state index < -0.39 is 18.1 Å². The summed E-state index contributed by atoms with van der Waals surface area (Å²) in [5.41, 5.74) is 4.85. The van der Waals surface area contributed by atoms with Gasteiger partial charge in [0.1, 0.15) is 11.3 Å². The molecule has 0 radical (unpaired) electrons. The second kappa shape index (κ2) is 9.75. The van der Waals surface area contributed by atoms with Crippen LogP contribution in [-0.4, -0.2) is 29.8 Å². The molecule has 130 valence electrons. The van der Waals surface area contributed by atoms with E-state index >= 15 is 0 Å². The molecule has 1 aromatic carbocycles. The van der Waals surface area contributed by atoms with Crippen LogP contribution < -0.4 is 15.8 Å². The van der Waals surface area contributed by atoms with Gasteiger partial charge in [-0.1, -0.05) is 44.2 Å². The predicted molar refractivity (Wildman–Crippen MR) is 94.0 cm³/mol. The first-order valence-electron chi connectivity index (χ1n) is 8.04. The average Bonchev–Trinajstić information content (AvgIpc) is 2.52. The molecule has 1 aromatic rings. The van der Waals surface area contributed by atoms with Crippen molar-refractivity contribution in [1.29, 1.82) is 0 Å². The molecule has 0 aromatic heterocycles. The molecule has 6 heteroatoms. The summed E-state index contributed by atoms with van der Waals surface area (Å²) < 4.78 is 5.66. The lowest BCUT2D eigenvalue weighted by Gasteiger charge is -2.20. The molecule has 1 atom stereocenters.